The molecule has 7 heteroatoms. The van der Waals surface area contributed by atoms with Crippen LogP contribution >= 0.6 is 7.60 Å². The van der Waals surface area contributed by atoms with Crippen molar-refractivity contribution in [1.82, 2.24) is 4.90 Å². The van der Waals surface area contributed by atoms with Crippen LogP contribution in [0.2, 0.25) is 0 Å². The van der Waals surface area contributed by atoms with Crippen LogP contribution in [-0.2, 0) is 9.36 Å². The first-order valence-electron chi connectivity index (χ1n) is 8.89. The Labute approximate surface area is 147 Å². The van der Waals surface area contributed by atoms with Crippen molar-refractivity contribution in [3.63, 3.8) is 0 Å². The lowest BCUT2D eigenvalue weighted by molar-refractivity contribution is -0.132. The summed E-state index contributed by atoms with van der Waals surface area (Å²) in [5.74, 6) is -0.788. The molecule has 3 atom stereocenters. The smallest absolute Gasteiger partial charge is 0.331 e. The van der Waals surface area contributed by atoms with Crippen LogP contribution in [0, 0.1) is 11.2 Å². The molecule has 0 bridgehead atoms. The van der Waals surface area contributed by atoms with Gasteiger partial charge in [-0.25, -0.2) is 4.39 Å². The van der Waals surface area contributed by atoms with Gasteiger partial charge in [-0.2, -0.15) is 0 Å². The van der Waals surface area contributed by atoms with Crippen LogP contribution in [-0.4, -0.2) is 32.3 Å². The molecule has 2 saturated heterocycles. The number of rotatable bonds is 4. The summed E-state index contributed by atoms with van der Waals surface area (Å²) < 4.78 is 25.5. The van der Waals surface area contributed by atoms with Gasteiger partial charge in [-0.1, -0.05) is 26.0 Å². The predicted octanol–water partition coefficient (Wildman–Crippen LogP) is 3.61. The topological polar surface area (TPSA) is 77.8 Å². The number of amides is 1. The summed E-state index contributed by atoms with van der Waals surface area (Å²) >= 11 is 0. The van der Waals surface area contributed by atoms with Gasteiger partial charge in [0.05, 0.1) is 6.04 Å². The van der Waals surface area contributed by atoms with Gasteiger partial charge in [0.1, 0.15) is 11.5 Å². The van der Waals surface area contributed by atoms with Crippen LogP contribution in [0.4, 0.5) is 4.39 Å². The van der Waals surface area contributed by atoms with Crippen molar-refractivity contribution in [2.75, 3.05) is 0 Å². The van der Waals surface area contributed by atoms with E-state index >= 15 is 0 Å². The second kappa shape index (κ2) is 6.49. The zero-order valence-corrected chi connectivity index (χ0v) is 15.5. The Hall–Kier alpha value is -1.23. The van der Waals surface area contributed by atoms with E-state index in [9.17, 15) is 23.5 Å². The molecule has 2 heterocycles. The van der Waals surface area contributed by atoms with Crippen molar-refractivity contribution in [2.45, 2.75) is 63.7 Å². The summed E-state index contributed by atoms with van der Waals surface area (Å²) in [7, 11) is -4.57. The summed E-state index contributed by atoms with van der Waals surface area (Å²) in [5.41, 5.74) is -1.16. The van der Waals surface area contributed by atoms with E-state index in [4.69, 9.17) is 0 Å². The maximum Gasteiger partial charge on any atom is 0.338 e. The second-order valence-corrected chi connectivity index (χ2v) is 8.89. The van der Waals surface area contributed by atoms with Crippen molar-refractivity contribution in [3.8, 4) is 0 Å². The highest BCUT2D eigenvalue weighted by Gasteiger charge is 2.64. The molecule has 0 spiro atoms. The normalized spacial score (nSPS) is 28.9. The average molecular weight is 369 g/mol. The molecule has 138 valence electrons. The van der Waals surface area contributed by atoms with Crippen LogP contribution in [0.15, 0.2) is 24.3 Å². The minimum Gasteiger partial charge on any atom is -0.331 e. The molecule has 0 aromatic heterocycles. The zero-order chi connectivity index (χ0) is 18.4. The molecule has 1 amide bonds. The first-order valence-corrected chi connectivity index (χ1v) is 10.6. The summed E-state index contributed by atoms with van der Waals surface area (Å²) in [5, 5.41) is 0. The highest BCUT2D eigenvalue weighted by Crippen LogP contribution is 2.62. The van der Waals surface area contributed by atoms with Crippen molar-refractivity contribution < 1.29 is 23.5 Å². The van der Waals surface area contributed by atoms with Gasteiger partial charge in [-0.05, 0) is 49.8 Å². The van der Waals surface area contributed by atoms with E-state index in [1.165, 1.54) is 12.1 Å². The zero-order valence-electron chi connectivity index (χ0n) is 14.6. The monoisotopic (exact) mass is 369 g/mol. The fourth-order valence-electron chi connectivity index (χ4n) is 5.04. The molecular formula is C18H25FNO4P. The maximum atomic E-state index is 13.3. The number of nitrogens with zero attached hydrogens (tertiary/aromatic N) is 1. The molecule has 0 radical (unpaired) electrons. The molecule has 2 aliphatic heterocycles. The lowest BCUT2D eigenvalue weighted by Gasteiger charge is -2.44. The number of benzene rings is 1. The minimum absolute atomic E-state index is 0.184. The molecule has 2 N–H and O–H groups in total. The van der Waals surface area contributed by atoms with Gasteiger partial charge in [0.15, 0.2) is 0 Å². The van der Waals surface area contributed by atoms with Gasteiger partial charge in [0.25, 0.3) is 0 Å². The summed E-state index contributed by atoms with van der Waals surface area (Å²) in [6.45, 7) is 3.81. The van der Waals surface area contributed by atoms with E-state index in [2.05, 4.69) is 0 Å². The lowest BCUT2D eigenvalue weighted by atomic mass is 9.72. The molecule has 1 aromatic carbocycles. The fourth-order valence-corrected chi connectivity index (χ4v) is 6.67. The number of hydrogen-bond acceptors (Lipinski definition) is 2. The highest BCUT2D eigenvalue weighted by atomic mass is 31.2. The second-order valence-electron chi connectivity index (χ2n) is 7.19. The van der Waals surface area contributed by atoms with Crippen molar-refractivity contribution in [3.05, 3.63) is 35.6 Å². The standard InChI is InChI=1S/C18H25FNO4P/c1-3-18(4-2)15-7-5-6-14(12-8-10-13(19)11-9-12)20(15)17(21)16(18)25(22,23)24/h8-11,14-16H,3-7H2,1-2H3,(H2,22,23,24). The number of piperidine rings is 1. The van der Waals surface area contributed by atoms with Gasteiger partial charge >= 0.3 is 7.60 Å². The van der Waals surface area contributed by atoms with E-state index in [0.29, 0.717) is 12.8 Å². The van der Waals surface area contributed by atoms with Crippen LogP contribution in [0.1, 0.15) is 57.6 Å². The number of fused-ring (bicyclic) bond motifs is 1. The van der Waals surface area contributed by atoms with Crippen molar-refractivity contribution >= 4 is 13.5 Å². The first-order chi connectivity index (χ1) is 11.8. The minimum atomic E-state index is -4.57. The van der Waals surface area contributed by atoms with Gasteiger partial charge in [0, 0.05) is 11.5 Å². The molecule has 2 aliphatic rings. The SMILES string of the molecule is CCC1(CC)C2CCCC(c3ccc(F)cc3)N2C(=O)C1P(=O)(O)O. The number of halogens is 1. The molecule has 3 rings (SSSR count). The van der Waals surface area contributed by atoms with E-state index in [1.807, 2.05) is 13.8 Å². The lowest BCUT2D eigenvalue weighted by Crippen LogP contribution is -2.45. The molecule has 2 fully saturated rings. The molecule has 0 saturated carbocycles. The summed E-state index contributed by atoms with van der Waals surface area (Å²) in [4.78, 5) is 34.7. The fraction of sp³-hybridized carbons (Fsp3) is 0.611. The summed E-state index contributed by atoms with van der Waals surface area (Å²) in [6.07, 6.45) is 3.45. The maximum absolute atomic E-state index is 13.3. The van der Waals surface area contributed by atoms with Crippen molar-refractivity contribution in [2.24, 2.45) is 5.41 Å². The Balaban J connectivity index is 2.09. The largest absolute Gasteiger partial charge is 0.338 e. The third-order valence-electron chi connectivity index (χ3n) is 6.23. The third-order valence-corrected chi connectivity index (χ3v) is 7.64. The van der Waals surface area contributed by atoms with E-state index in [-0.39, 0.29) is 17.9 Å². The van der Waals surface area contributed by atoms with E-state index in [1.54, 1.807) is 17.0 Å². The van der Waals surface area contributed by atoms with Gasteiger partial charge in [-0.15, -0.1) is 0 Å². The molecule has 5 nitrogen and oxygen atoms in total. The van der Waals surface area contributed by atoms with Crippen molar-refractivity contribution in [1.29, 1.82) is 0 Å². The Morgan fingerprint density at radius 3 is 2.32 bits per heavy atom. The summed E-state index contributed by atoms with van der Waals surface area (Å²) in [6, 6.07) is 5.64. The molecular weight excluding hydrogens is 344 g/mol. The quantitative estimate of drug-likeness (QED) is 0.795. The van der Waals surface area contributed by atoms with Crippen LogP contribution in [0.25, 0.3) is 0 Å². The average Bonchev–Trinajstić information content (AvgIpc) is 2.85. The van der Waals surface area contributed by atoms with Crippen LogP contribution in [0.3, 0.4) is 0 Å². The van der Waals surface area contributed by atoms with Crippen LogP contribution in [0.5, 0.6) is 0 Å². The highest BCUT2D eigenvalue weighted by molar-refractivity contribution is 7.53. The Bertz CT molecular complexity index is 698. The Kier molecular flexibility index (Phi) is 4.82. The molecule has 0 aliphatic carbocycles. The Morgan fingerprint density at radius 2 is 1.80 bits per heavy atom. The first kappa shape index (κ1) is 18.6. The molecule has 25 heavy (non-hydrogen) atoms. The number of carbonyl (C=O) groups is 1. The van der Waals surface area contributed by atoms with E-state index < -0.39 is 24.6 Å². The number of carbonyl (C=O) groups excluding carboxylic acids is 1. The third kappa shape index (κ3) is 2.84. The van der Waals surface area contributed by atoms with E-state index in [0.717, 1.165) is 24.8 Å². The Morgan fingerprint density at radius 1 is 1.20 bits per heavy atom. The van der Waals surface area contributed by atoms with Gasteiger partial charge in [-0.3, -0.25) is 9.36 Å². The number of hydrogen-bond donors (Lipinski definition) is 2. The van der Waals surface area contributed by atoms with Crippen LogP contribution < -0.4 is 0 Å². The molecule has 3 unspecified atom stereocenters. The van der Waals surface area contributed by atoms with Gasteiger partial charge in [0.2, 0.25) is 5.91 Å². The predicted molar refractivity (Wildman–Crippen MR) is 92.5 cm³/mol. The molecule has 1 aromatic rings. The van der Waals surface area contributed by atoms with Gasteiger partial charge < -0.3 is 14.7 Å².